The summed E-state index contributed by atoms with van der Waals surface area (Å²) in [5.41, 5.74) is 0.722. The van der Waals surface area contributed by atoms with E-state index in [2.05, 4.69) is 15.6 Å². The molecule has 0 unspecified atom stereocenters. The molecule has 22 heavy (non-hydrogen) atoms. The zero-order valence-electron chi connectivity index (χ0n) is 11.8. The Morgan fingerprint density at radius 1 is 1.41 bits per heavy atom. The molecule has 2 aromatic rings. The second-order valence-electron chi connectivity index (χ2n) is 4.54. The SMILES string of the molecule is O=[N+]([O-])C=C(NCCCn1ccnc1)Nc1ccc(Cl)cc1. The molecule has 0 aliphatic carbocycles. The molecule has 0 aliphatic heterocycles. The van der Waals surface area contributed by atoms with Gasteiger partial charge in [-0.25, -0.2) is 4.98 Å². The second kappa shape index (κ2) is 8.04. The quantitative estimate of drug-likeness (QED) is 0.443. The molecule has 0 saturated carbocycles. The van der Waals surface area contributed by atoms with Crippen molar-refractivity contribution < 1.29 is 4.92 Å². The fourth-order valence-electron chi connectivity index (χ4n) is 1.82. The Kier molecular flexibility index (Phi) is 5.79. The molecule has 0 amide bonds. The number of benzene rings is 1. The van der Waals surface area contributed by atoms with E-state index in [9.17, 15) is 10.1 Å². The van der Waals surface area contributed by atoms with Crippen LogP contribution in [0, 0.1) is 10.1 Å². The van der Waals surface area contributed by atoms with Crippen molar-refractivity contribution in [3.63, 3.8) is 0 Å². The van der Waals surface area contributed by atoms with Gasteiger partial charge in [-0.05, 0) is 30.7 Å². The summed E-state index contributed by atoms with van der Waals surface area (Å²) >= 11 is 5.81. The van der Waals surface area contributed by atoms with Crippen LogP contribution in [0.4, 0.5) is 5.69 Å². The molecular formula is C14H16ClN5O2. The van der Waals surface area contributed by atoms with Crippen LogP contribution in [0.25, 0.3) is 0 Å². The summed E-state index contributed by atoms with van der Waals surface area (Å²) in [5, 5.41) is 17.3. The lowest BCUT2D eigenvalue weighted by molar-refractivity contribution is -0.403. The van der Waals surface area contributed by atoms with Crippen LogP contribution in [0.15, 0.2) is 55.0 Å². The number of halogens is 1. The Balaban J connectivity index is 1.86. The first kappa shape index (κ1) is 15.8. The molecule has 0 bridgehead atoms. The molecule has 0 radical (unpaired) electrons. The number of nitrogens with one attached hydrogen (secondary N) is 2. The summed E-state index contributed by atoms with van der Waals surface area (Å²) in [6.45, 7) is 1.39. The highest BCUT2D eigenvalue weighted by molar-refractivity contribution is 6.30. The number of anilines is 1. The van der Waals surface area contributed by atoms with E-state index in [4.69, 9.17) is 11.6 Å². The Bertz CT molecular complexity index is 625. The van der Waals surface area contributed by atoms with Gasteiger partial charge in [-0.3, -0.25) is 10.1 Å². The first-order valence-electron chi connectivity index (χ1n) is 6.71. The van der Waals surface area contributed by atoms with Crippen molar-refractivity contribution in [3.8, 4) is 0 Å². The highest BCUT2D eigenvalue weighted by atomic mass is 35.5. The predicted molar refractivity (Wildman–Crippen MR) is 85.0 cm³/mol. The highest BCUT2D eigenvalue weighted by Crippen LogP contribution is 2.14. The summed E-state index contributed by atoms with van der Waals surface area (Å²) in [5.74, 6) is 0.331. The Labute approximate surface area is 132 Å². The lowest BCUT2D eigenvalue weighted by Crippen LogP contribution is -2.22. The minimum atomic E-state index is -0.499. The van der Waals surface area contributed by atoms with Crippen molar-refractivity contribution in [2.24, 2.45) is 0 Å². The van der Waals surface area contributed by atoms with E-state index in [0.29, 0.717) is 17.4 Å². The molecule has 1 aromatic heterocycles. The van der Waals surface area contributed by atoms with E-state index in [1.165, 1.54) is 0 Å². The topological polar surface area (TPSA) is 85.0 Å². The van der Waals surface area contributed by atoms with Gasteiger partial charge in [-0.1, -0.05) is 11.6 Å². The molecule has 2 N–H and O–H groups in total. The number of aryl methyl sites for hydroxylation is 1. The molecule has 1 aromatic carbocycles. The molecule has 1 heterocycles. The van der Waals surface area contributed by atoms with Crippen LogP contribution in [0.1, 0.15) is 6.42 Å². The Morgan fingerprint density at radius 2 is 2.18 bits per heavy atom. The van der Waals surface area contributed by atoms with Crippen molar-refractivity contribution in [3.05, 3.63) is 70.1 Å². The Morgan fingerprint density at radius 3 is 2.82 bits per heavy atom. The van der Waals surface area contributed by atoms with Gasteiger partial charge < -0.3 is 15.2 Å². The van der Waals surface area contributed by atoms with Crippen molar-refractivity contribution in [2.45, 2.75) is 13.0 Å². The van der Waals surface area contributed by atoms with Gasteiger partial charge in [0.05, 0.1) is 11.3 Å². The Hall–Kier alpha value is -2.54. The van der Waals surface area contributed by atoms with Gasteiger partial charge in [0.25, 0.3) is 6.20 Å². The van der Waals surface area contributed by atoms with Crippen LogP contribution in [0.2, 0.25) is 5.02 Å². The third kappa shape index (κ3) is 5.45. The third-order valence-electron chi connectivity index (χ3n) is 2.83. The molecule has 116 valence electrons. The average Bonchev–Trinajstić information content (AvgIpc) is 2.98. The normalized spacial score (nSPS) is 11.2. The molecule has 2 rings (SSSR count). The molecule has 0 saturated heterocycles. The minimum absolute atomic E-state index is 0.331. The predicted octanol–water partition coefficient (Wildman–Crippen LogP) is 2.70. The van der Waals surface area contributed by atoms with Crippen LogP contribution >= 0.6 is 11.6 Å². The number of aromatic nitrogens is 2. The molecular weight excluding hydrogens is 306 g/mol. The van der Waals surface area contributed by atoms with Gasteiger partial charge in [0, 0.05) is 36.2 Å². The third-order valence-corrected chi connectivity index (χ3v) is 3.08. The number of imidazole rings is 1. The van der Waals surface area contributed by atoms with Crippen molar-refractivity contribution >= 4 is 17.3 Å². The van der Waals surface area contributed by atoms with Gasteiger partial charge in [0.1, 0.15) is 0 Å². The van der Waals surface area contributed by atoms with Gasteiger partial charge in [0.15, 0.2) is 5.82 Å². The van der Waals surface area contributed by atoms with Crippen molar-refractivity contribution in [1.29, 1.82) is 0 Å². The van der Waals surface area contributed by atoms with Gasteiger partial charge in [-0.2, -0.15) is 0 Å². The van der Waals surface area contributed by atoms with E-state index >= 15 is 0 Å². The van der Waals surface area contributed by atoms with Gasteiger partial charge in [-0.15, -0.1) is 0 Å². The minimum Gasteiger partial charge on any atom is -0.366 e. The van der Waals surface area contributed by atoms with E-state index in [1.807, 2.05) is 10.8 Å². The number of nitro groups is 1. The summed E-state index contributed by atoms with van der Waals surface area (Å²) in [6, 6.07) is 6.94. The van der Waals surface area contributed by atoms with Crippen LogP contribution in [0.3, 0.4) is 0 Å². The average molecular weight is 322 g/mol. The number of hydrogen-bond donors (Lipinski definition) is 2. The van der Waals surface area contributed by atoms with Crippen LogP contribution in [-0.2, 0) is 6.54 Å². The summed E-state index contributed by atoms with van der Waals surface area (Å²) in [6.07, 6.45) is 7.05. The van der Waals surface area contributed by atoms with E-state index in [-0.39, 0.29) is 0 Å². The molecule has 7 nitrogen and oxygen atoms in total. The largest absolute Gasteiger partial charge is 0.366 e. The van der Waals surface area contributed by atoms with E-state index < -0.39 is 4.92 Å². The van der Waals surface area contributed by atoms with Crippen LogP contribution in [-0.4, -0.2) is 21.0 Å². The van der Waals surface area contributed by atoms with Crippen molar-refractivity contribution in [2.75, 3.05) is 11.9 Å². The summed E-state index contributed by atoms with van der Waals surface area (Å²) < 4.78 is 1.95. The summed E-state index contributed by atoms with van der Waals surface area (Å²) in [7, 11) is 0. The van der Waals surface area contributed by atoms with Crippen LogP contribution < -0.4 is 10.6 Å². The van der Waals surface area contributed by atoms with Gasteiger partial charge >= 0.3 is 0 Å². The molecule has 0 fully saturated rings. The van der Waals surface area contributed by atoms with Gasteiger partial charge in [0.2, 0.25) is 0 Å². The standard InChI is InChI=1S/C14H16ClN5O2/c15-12-2-4-13(5-3-12)18-14(10-20(21)22)17-6-1-8-19-9-7-16-11-19/h2-5,7,9-11,17-18H,1,6,8H2. The molecule has 0 atom stereocenters. The maximum atomic E-state index is 10.7. The first-order valence-corrected chi connectivity index (χ1v) is 7.09. The van der Waals surface area contributed by atoms with E-state index in [1.54, 1.807) is 36.8 Å². The lowest BCUT2D eigenvalue weighted by atomic mass is 10.3. The second-order valence-corrected chi connectivity index (χ2v) is 4.98. The molecule has 0 aliphatic rings. The zero-order valence-corrected chi connectivity index (χ0v) is 12.5. The number of rotatable bonds is 8. The lowest BCUT2D eigenvalue weighted by Gasteiger charge is -2.11. The maximum Gasteiger partial charge on any atom is 0.274 e. The van der Waals surface area contributed by atoms with Crippen molar-refractivity contribution in [1.82, 2.24) is 14.9 Å². The highest BCUT2D eigenvalue weighted by Gasteiger charge is 2.03. The summed E-state index contributed by atoms with van der Waals surface area (Å²) in [4.78, 5) is 14.1. The van der Waals surface area contributed by atoms with E-state index in [0.717, 1.165) is 24.9 Å². The molecule has 0 spiro atoms. The fourth-order valence-corrected chi connectivity index (χ4v) is 1.95. The van der Waals surface area contributed by atoms with Crippen LogP contribution in [0.5, 0.6) is 0 Å². The maximum absolute atomic E-state index is 10.7. The molecule has 8 heteroatoms. The number of nitrogens with zero attached hydrogens (tertiary/aromatic N) is 3. The number of hydrogen-bond acceptors (Lipinski definition) is 5. The smallest absolute Gasteiger partial charge is 0.274 e. The monoisotopic (exact) mass is 321 g/mol. The zero-order chi connectivity index (χ0) is 15.8. The first-order chi connectivity index (χ1) is 10.6. The fraction of sp³-hybridized carbons (Fsp3) is 0.214.